The normalized spacial score (nSPS) is 10.4. The Bertz CT molecular complexity index is 808. The fraction of sp³-hybridized carbons (Fsp3) is 0.263. The number of hydrogen-bond donors (Lipinski definition) is 1. The summed E-state index contributed by atoms with van der Waals surface area (Å²) < 4.78 is 6.35. The van der Waals surface area contributed by atoms with Crippen LogP contribution < -0.4 is 10.1 Å². The van der Waals surface area contributed by atoms with Crippen LogP contribution in [0, 0.1) is 11.3 Å². The molecular formula is C19H20BrN3O2S. The summed E-state index contributed by atoms with van der Waals surface area (Å²) in [7, 11) is 3.52. The molecule has 2 aromatic carbocycles. The van der Waals surface area contributed by atoms with Gasteiger partial charge in [0.15, 0.2) is 0 Å². The number of methoxy groups -OCH3 is 1. The molecule has 2 rings (SSSR count). The van der Waals surface area contributed by atoms with Gasteiger partial charge in [-0.15, -0.1) is 11.8 Å². The summed E-state index contributed by atoms with van der Waals surface area (Å²) in [6.07, 6.45) is 0. The van der Waals surface area contributed by atoms with Crippen molar-refractivity contribution in [1.29, 1.82) is 5.26 Å². The lowest BCUT2D eigenvalue weighted by Gasteiger charge is -2.19. The van der Waals surface area contributed by atoms with Gasteiger partial charge in [0, 0.05) is 21.5 Å². The lowest BCUT2D eigenvalue weighted by molar-refractivity contribution is -0.117. The molecule has 0 unspecified atom stereocenters. The fourth-order valence-corrected chi connectivity index (χ4v) is 3.54. The summed E-state index contributed by atoms with van der Waals surface area (Å²) in [5.41, 5.74) is 1.73. The highest BCUT2D eigenvalue weighted by Gasteiger charge is 2.12. The van der Waals surface area contributed by atoms with Gasteiger partial charge in [0.05, 0.1) is 31.2 Å². The van der Waals surface area contributed by atoms with Gasteiger partial charge in [0.2, 0.25) is 5.91 Å². The van der Waals surface area contributed by atoms with Crippen LogP contribution in [0.3, 0.4) is 0 Å². The first-order valence-electron chi connectivity index (χ1n) is 7.93. The molecule has 5 nitrogen and oxygen atoms in total. The number of ether oxygens (including phenoxy) is 1. The van der Waals surface area contributed by atoms with Crippen LogP contribution in [0.25, 0.3) is 0 Å². The van der Waals surface area contributed by atoms with Gasteiger partial charge in [-0.3, -0.25) is 9.69 Å². The summed E-state index contributed by atoms with van der Waals surface area (Å²) >= 11 is 4.87. The zero-order valence-corrected chi connectivity index (χ0v) is 17.1. The smallest absolute Gasteiger partial charge is 0.238 e. The van der Waals surface area contributed by atoms with Crippen molar-refractivity contribution in [2.75, 3.05) is 31.8 Å². The number of nitrogens with one attached hydrogen (secondary N) is 1. The molecule has 0 atom stereocenters. The van der Waals surface area contributed by atoms with Crippen LogP contribution in [-0.2, 0) is 11.3 Å². The highest BCUT2D eigenvalue weighted by molar-refractivity contribution is 9.10. The van der Waals surface area contributed by atoms with Gasteiger partial charge < -0.3 is 10.1 Å². The highest BCUT2D eigenvalue weighted by atomic mass is 79.9. The minimum Gasteiger partial charge on any atom is -0.496 e. The molecular weight excluding hydrogens is 414 g/mol. The van der Waals surface area contributed by atoms with Crippen LogP contribution in [0.2, 0.25) is 0 Å². The molecule has 7 heteroatoms. The Morgan fingerprint density at radius 3 is 2.85 bits per heavy atom. The quantitative estimate of drug-likeness (QED) is 0.633. The summed E-state index contributed by atoms with van der Waals surface area (Å²) in [6.45, 7) is 0.827. The SMILES string of the molecule is COc1ccc(Br)cc1CN(C)CC(=O)Nc1ccccc1SCC#N. The second-order valence-electron chi connectivity index (χ2n) is 5.62. The van der Waals surface area contributed by atoms with Crippen molar-refractivity contribution in [3.05, 3.63) is 52.5 Å². The van der Waals surface area contributed by atoms with Gasteiger partial charge in [-0.2, -0.15) is 5.26 Å². The third-order valence-electron chi connectivity index (χ3n) is 3.55. The number of hydrogen-bond acceptors (Lipinski definition) is 5. The van der Waals surface area contributed by atoms with Crippen LogP contribution in [0.1, 0.15) is 5.56 Å². The lowest BCUT2D eigenvalue weighted by Crippen LogP contribution is -2.30. The Kier molecular flexibility index (Phi) is 7.98. The van der Waals surface area contributed by atoms with Gasteiger partial charge in [-0.25, -0.2) is 0 Å². The maximum atomic E-state index is 12.4. The third kappa shape index (κ3) is 6.06. The molecule has 136 valence electrons. The zero-order chi connectivity index (χ0) is 18.9. The van der Waals surface area contributed by atoms with Crippen molar-refractivity contribution in [3.63, 3.8) is 0 Å². The molecule has 2 aromatic rings. The topological polar surface area (TPSA) is 65.4 Å². The molecule has 26 heavy (non-hydrogen) atoms. The van der Waals surface area contributed by atoms with Gasteiger partial charge in [0.1, 0.15) is 5.75 Å². The van der Waals surface area contributed by atoms with Gasteiger partial charge in [0.25, 0.3) is 0 Å². The minimum atomic E-state index is -0.105. The number of carbonyl (C=O) groups is 1. The molecule has 0 saturated carbocycles. The molecule has 0 aliphatic rings. The van der Waals surface area contributed by atoms with E-state index in [9.17, 15) is 4.79 Å². The van der Waals surface area contributed by atoms with Crippen LogP contribution in [-0.4, -0.2) is 37.3 Å². The molecule has 0 aliphatic carbocycles. The lowest BCUT2D eigenvalue weighted by atomic mass is 10.2. The van der Waals surface area contributed by atoms with E-state index in [4.69, 9.17) is 10.00 Å². The van der Waals surface area contributed by atoms with Crippen molar-refractivity contribution in [1.82, 2.24) is 4.90 Å². The van der Waals surface area contributed by atoms with Crippen molar-refractivity contribution in [3.8, 4) is 11.8 Å². The number of carbonyl (C=O) groups excluding carboxylic acids is 1. The Labute approximate surface area is 166 Å². The summed E-state index contributed by atoms with van der Waals surface area (Å²) in [5, 5.41) is 11.7. The molecule has 0 radical (unpaired) electrons. The van der Waals surface area contributed by atoms with E-state index in [1.165, 1.54) is 11.8 Å². The molecule has 0 saturated heterocycles. The van der Waals surface area contributed by atoms with E-state index in [0.717, 1.165) is 26.4 Å². The number of benzene rings is 2. The summed E-state index contributed by atoms with van der Waals surface area (Å²) in [6, 6.07) is 15.4. The van der Waals surface area contributed by atoms with Crippen LogP contribution in [0.5, 0.6) is 5.75 Å². The first kappa shape index (κ1) is 20.3. The van der Waals surface area contributed by atoms with E-state index in [-0.39, 0.29) is 12.5 Å². The molecule has 0 spiro atoms. The Balaban J connectivity index is 1.98. The minimum absolute atomic E-state index is 0.105. The van der Waals surface area contributed by atoms with Gasteiger partial charge in [-0.05, 0) is 37.4 Å². The highest BCUT2D eigenvalue weighted by Crippen LogP contribution is 2.27. The van der Waals surface area contributed by atoms with Crippen LogP contribution in [0.15, 0.2) is 51.8 Å². The average Bonchev–Trinajstić information content (AvgIpc) is 2.61. The average molecular weight is 434 g/mol. The van der Waals surface area contributed by atoms with E-state index < -0.39 is 0 Å². The van der Waals surface area contributed by atoms with Crippen LogP contribution in [0.4, 0.5) is 5.69 Å². The largest absolute Gasteiger partial charge is 0.496 e. The summed E-state index contributed by atoms with van der Waals surface area (Å²) in [4.78, 5) is 15.2. The van der Waals surface area contributed by atoms with E-state index in [1.54, 1.807) is 7.11 Å². The fourth-order valence-electron chi connectivity index (χ4n) is 2.46. The van der Waals surface area contributed by atoms with Crippen molar-refractivity contribution in [2.45, 2.75) is 11.4 Å². The Hall–Kier alpha value is -2.01. The molecule has 0 aliphatic heterocycles. The van der Waals surface area contributed by atoms with Gasteiger partial charge >= 0.3 is 0 Å². The van der Waals surface area contributed by atoms with Crippen molar-refractivity contribution >= 4 is 39.3 Å². The Morgan fingerprint density at radius 2 is 2.12 bits per heavy atom. The predicted octanol–water partition coefficient (Wildman–Crippen LogP) is 4.14. The summed E-state index contributed by atoms with van der Waals surface area (Å²) in [5.74, 6) is 1.03. The molecule has 1 amide bonds. The third-order valence-corrected chi connectivity index (χ3v) is 4.98. The number of amides is 1. The number of nitrogens with zero attached hydrogens (tertiary/aromatic N) is 2. The second-order valence-corrected chi connectivity index (χ2v) is 7.55. The predicted molar refractivity (Wildman–Crippen MR) is 108 cm³/mol. The maximum absolute atomic E-state index is 12.4. The number of likely N-dealkylation sites (N-methyl/N-ethyl adjacent to an activating group) is 1. The molecule has 0 fully saturated rings. The number of halogens is 1. The first-order chi connectivity index (χ1) is 12.5. The molecule has 0 aromatic heterocycles. The zero-order valence-electron chi connectivity index (χ0n) is 14.7. The number of rotatable bonds is 8. The number of anilines is 1. The molecule has 1 N–H and O–H groups in total. The number of thioether (sulfide) groups is 1. The van der Waals surface area contributed by atoms with Crippen molar-refractivity contribution < 1.29 is 9.53 Å². The van der Waals surface area contributed by atoms with Crippen molar-refractivity contribution in [2.24, 2.45) is 0 Å². The molecule has 0 heterocycles. The number of nitriles is 1. The maximum Gasteiger partial charge on any atom is 0.238 e. The molecule has 0 bridgehead atoms. The van der Waals surface area contributed by atoms with E-state index in [2.05, 4.69) is 27.3 Å². The van der Waals surface area contributed by atoms with E-state index in [0.29, 0.717) is 12.3 Å². The van der Waals surface area contributed by atoms with Gasteiger partial charge in [-0.1, -0.05) is 28.1 Å². The van der Waals surface area contributed by atoms with Crippen LogP contribution >= 0.6 is 27.7 Å². The first-order valence-corrected chi connectivity index (χ1v) is 9.71. The second kappa shape index (κ2) is 10.2. The standard InChI is InChI=1S/C19H20BrN3O2S/c1-23(12-14-11-15(20)7-8-17(14)25-2)13-19(24)22-16-5-3-4-6-18(16)26-10-9-21/h3-8,11H,10,12-13H2,1-2H3,(H,22,24). The Morgan fingerprint density at radius 1 is 1.35 bits per heavy atom. The number of para-hydroxylation sites is 1. The monoisotopic (exact) mass is 433 g/mol. The van der Waals surface area contributed by atoms with E-state index >= 15 is 0 Å². The van der Waals surface area contributed by atoms with E-state index in [1.807, 2.05) is 54.4 Å².